The largest absolute Gasteiger partial charge is 0.391 e. The molecule has 0 amide bonds. The van der Waals surface area contributed by atoms with Crippen LogP contribution in [0.1, 0.15) is 84.0 Å². The third-order valence-corrected chi connectivity index (χ3v) is 4.71. The second-order valence-electron chi connectivity index (χ2n) is 6.65. The summed E-state index contributed by atoms with van der Waals surface area (Å²) in [5.41, 5.74) is -1.70. The van der Waals surface area contributed by atoms with Crippen LogP contribution in [-0.2, 0) is 14.3 Å². The molecule has 0 aliphatic carbocycles. The standard InChI is InChI=1S/C19H32O4/c1-3-5-6-7-8-9-10-11-12-13-14-16-17(20)23-18(21)19(16,22)15-4-2/h4,16,22H,2-3,5-15H2,1H3. The second kappa shape index (κ2) is 10.6. The van der Waals surface area contributed by atoms with Crippen molar-refractivity contribution in [3.8, 4) is 0 Å². The van der Waals surface area contributed by atoms with Crippen molar-refractivity contribution in [2.75, 3.05) is 0 Å². The topological polar surface area (TPSA) is 63.6 Å². The minimum absolute atomic E-state index is 0.0694. The summed E-state index contributed by atoms with van der Waals surface area (Å²) in [4.78, 5) is 23.4. The van der Waals surface area contributed by atoms with Gasteiger partial charge in [0.2, 0.25) is 0 Å². The van der Waals surface area contributed by atoms with Gasteiger partial charge in [-0.1, -0.05) is 77.2 Å². The van der Waals surface area contributed by atoms with E-state index in [1.807, 2.05) is 0 Å². The molecule has 4 nitrogen and oxygen atoms in total. The summed E-state index contributed by atoms with van der Waals surface area (Å²) in [5, 5.41) is 10.4. The van der Waals surface area contributed by atoms with E-state index >= 15 is 0 Å². The number of aliphatic hydroxyl groups is 1. The van der Waals surface area contributed by atoms with Crippen LogP contribution >= 0.6 is 0 Å². The summed E-state index contributed by atoms with van der Waals surface area (Å²) in [6.45, 7) is 5.77. The molecule has 1 aliphatic rings. The predicted octanol–water partition coefficient (Wildman–Crippen LogP) is 4.30. The Morgan fingerprint density at radius 2 is 1.57 bits per heavy atom. The fourth-order valence-electron chi connectivity index (χ4n) is 3.23. The lowest BCUT2D eigenvalue weighted by Crippen LogP contribution is -2.41. The number of hydrogen-bond acceptors (Lipinski definition) is 4. The highest BCUT2D eigenvalue weighted by Gasteiger charge is 2.55. The fourth-order valence-corrected chi connectivity index (χ4v) is 3.23. The quantitative estimate of drug-likeness (QED) is 0.237. The Hall–Kier alpha value is -1.16. The molecule has 1 rings (SSSR count). The van der Waals surface area contributed by atoms with Crippen LogP contribution in [-0.4, -0.2) is 22.6 Å². The zero-order chi connectivity index (χ0) is 17.1. The third-order valence-electron chi connectivity index (χ3n) is 4.71. The van der Waals surface area contributed by atoms with Gasteiger partial charge in [0.25, 0.3) is 0 Å². The van der Waals surface area contributed by atoms with E-state index in [4.69, 9.17) is 0 Å². The molecule has 0 radical (unpaired) electrons. The summed E-state index contributed by atoms with van der Waals surface area (Å²) in [7, 11) is 0. The first-order valence-corrected chi connectivity index (χ1v) is 9.15. The molecule has 1 N–H and O–H groups in total. The Bertz CT molecular complexity index is 391. The smallest absolute Gasteiger partial charge is 0.347 e. The Morgan fingerprint density at radius 1 is 1.04 bits per heavy atom. The molecule has 2 unspecified atom stereocenters. The highest BCUT2D eigenvalue weighted by atomic mass is 16.6. The van der Waals surface area contributed by atoms with Crippen molar-refractivity contribution in [3.63, 3.8) is 0 Å². The van der Waals surface area contributed by atoms with Crippen LogP contribution in [0, 0.1) is 5.92 Å². The normalized spacial score (nSPS) is 24.0. The molecule has 23 heavy (non-hydrogen) atoms. The molecule has 1 heterocycles. The molecule has 0 aromatic heterocycles. The Labute approximate surface area is 140 Å². The maximum absolute atomic E-state index is 11.7. The average molecular weight is 324 g/mol. The van der Waals surface area contributed by atoms with Gasteiger partial charge >= 0.3 is 11.9 Å². The number of unbranched alkanes of at least 4 members (excludes halogenated alkanes) is 9. The summed E-state index contributed by atoms with van der Waals surface area (Å²) in [6.07, 6.45) is 14.1. The molecule has 1 saturated heterocycles. The lowest BCUT2D eigenvalue weighted by atomic mass is 9.83. The predicted molar refractivity (Wildman–Crippen MR) is 90.8 cm³/mol. The number of hydrogen-bond donors (Lipinski definition) is 1. The Balaban J connectivity index is 2.16. The lowest BCUT2D eigenvalue weighted by molar-refractivity contribution is -0.158. The van der Waals surface area contributed by atoms with Crippen LogP contribution in [0.4, 0.5) is 0 Å². The summed E-state index contributed by atoms with van der Waals surface area (Å²) in [5.74, 6) is -2.14. The van der Waals surface area contributed by atoms with Crippen molar-refractivity contribution >= 4 is 11.9 Å². The fraction of sp³-hybridized carbons (Fsp3) is 0.789. The van der Waals surface area contributed by atoms with E-state index in [2.05, 4.69) is 18.2 Å². The van der Waals surface area contributed by atoms with Crippen molar-refractivity contribution in [2.45, 2.75) is 89.6 Å². The number of carbonyl (C=O) groups is 2. The monoisotopic (exact) mass is 324 g/mol. The van der Waals surface area contributed by atoms with E-state index < -0.39 is 23.5 Å². The zero-order valence-electron chi connectivity index (χ0n) is 14.5. The molecule has 0 bridgehead atoms. The lowest BCUT2D eigenvalue weighted by Gasteiger charge is -2.22. The maximum atomic E-state index is 11.7. The van der Waals surface area contributed by atoms with Gasteiger partial charge in [-0.3, -0.25) is 4.79 Å². The van der Waals surface area contributed by atoms with Gasteiger partial charge in [-0.2, -0.15) is 0 Å². The van der Waals surface area contributed by atoms with Gasteiger partial charge in [0.1, 0.15) is 0 Å². The second-order valence-corrected chi connectivity index (χ2v) is 6.65. The van der Waals surface area contributed by atoms with Gasteiger partial charge in [-0.05, 0) is 6.42 Å². The van der Waals surface area contributed by atoms with Crippen LogP contribution in [0.2, 0.25) is 0 Å². The van der Waals surface area contributed by atoms with E-state index in [0.29, 0.717) is 6.42 Å². The zero-order valence-corrected chi connectivity index (χ0v) is 14.5. The average Bonchev–Trinajstić information content (AvgIpc) is 2.72. The molecule has 0 saturated carbocycles. The van der Waals surface area contributed by atoms with Gasteiger partial charge in [-0.25, -0.2) is 4.79 Å². The minimum atomic E-state index is -1.70. The van der Waals surface area contributed by atoms with Crippen molar-refractivity contribution in [2.24, 2.45) is 5.92 Å². The third kappa shape index (κ3) is 6.09. The van der Waals surface area contributed by atoms with Crippen LogP contribution in [0.3, 0.4) is 0 Å². The first-order valence-electron chi connectivity index (χ1n) is 9.15. The van der Waals surface area contributed by atoms with Crippen LogP contribution in [0.15, 0.2) is 12.7 Å². The molecule has 0 aromatic rings. The molecule has 1 aliphatic heterocycles. The van der Waals surface area contributed by atoms with Gasteiger partial charge < -0.3 is 9.84 Å². The summed E-state index contributed by atoms with van der Waals surface area (Å²) >= 11 is 0. The van der Waals surface area contributed by atoms with E-state index in [-0.39, 0.29) is 6.42 Å². The van der Waals surface area contributed by atoms with Gasteiger partial charge in [0.05, 0.1) is 5.92 Å². The molecule has 0 spiro atoms. The number of ether oxygens (including phenoxy) is 1. The number of rotatable bonds is 13. The highest BCUT2D eigenvalue weighted by Crippen LogP contribution is 2.35. The van der Waals surface area contributed by atoms with Gasteiger partial charge in [0, 0.05) is 6.42 Å². The van der Waals surface area contributed by atoms with Crippen LogP contribution in [0.25, 0.3) is 0 Å². The Kier molecular flexibility index (Phi) is 9.15. The van der Waals surface area contributed by atoms with E-state index in [0.717, 1.165) is 19.3 Å². The number of esters is 2. The van der Waals surface area contributed by atoms with E-state index in [1.54, 1.807) is 0 Å². The number of cyclic esters (lactones) is 2. The van der Waals surface area contributed by atoms with Crippen LogP contribution < -0.4 is 0 Å². The van der Waals surface area contributed by atoms with Crippen molar-refractivity contribution in [3.05, 3.63) is 12.7 Å². The minimum Gasteiger partial charge on any atom is -0.391 e. The highest BCUT2D eigenvalue weighted by molar-refractivity contribution is 6.01. The molecule has 4 heteroatoms. The molecular formula is C19H32O4. The molecule has 132 valence electrons. The van der Waals surface area contributed by atoms with Crippen molar-refractivity contribution < 1.29 is 19.4 Å². The first kappa shape index (κ1) is 19.9. The van der Waals surface area contributed by atoms with Crippen LogP contribution in [0.5, 0.6) is 0 Å². The summed E-state index contributed by atoms with van der Waals surface area (Å²) in [6, 6.07) is 0. The molecule has 1 fully saturated rings. The van der Waals surface area contributed by atoms with Crippen molar-refractivity contribution in [1.29, 1.82) is 0 Å². The number of carbonyl (C=O) groups excluding carboxylic acids is 2. The molecule has 0 aromatic carbocycles. The summed E-state index contributed by atoms with van der Waals surface area (Å²) < 4.78 is 4.61. The Morgan fingerprint density at radius 3 is 2.09 bits per heavy atom. The van der Waals surface area contributed by atoms with Crippen molar-refractivity contribution in [1.82, 2.24) is 0 Å². The SMILES string of the molecule is C=CCC1(O)C(=O)OC(=O)C1CCCCCCCCCCCC. The first-order chi connectivity index (χ1) is 11.1. The molecule has 2 atom stereocenters. The van der Waals surface area contributed by atoms with E-state index in [1.165, 1.54) is 51.0 Å². The van der Waals surface area contributed by atoms with Gasteiger partial charge in [0.15, 0.2) is 5.60 Å². The molecular weight excluding hydrogens is 292 g/mol. The van der Waals surface area contributed by atoms with Gasteiger partial charge in [-0.15, -0.1) is 6.58 Å². The maximum Gasteiger partial charge on any atom is 0.347 e. The van der Waals surface area contributed by atoms with E-state index in [9.17, 15) is 14.7 Å².